The number of carbonyl (C=O) groups is 1. The second kappa shape index (κ2) is 8.47. The molecular weight excluding hydrogens is 463 g/mol. The molecule has 1 amide bonds. The first-order valence-electron chi connectivity index (χ1n) is 7.54. The van der Waals surface area contributed by atoms with Gasteiger partial charge in [-0.1, -0.05) is 35.0 Å². The third-order valence-corrected chi connectivity index (χ3v) is 5.31. The molecule has 3 aromatic rings. The van der Waals surface area contributed by atoms with Gasteiger partial charge >= 0.3 is 0 Å². The zero-order valence-corrected chi connectivity index (χ0v) is 17.4. The van der Waals surface area contributed by atoms with Crippen molar-refractivity contribution in [1.82, 2.24) is 14.8 Å². The standard InChI is InChI=1S/C16H13BrCl2N4O2S/c1-2-23-15(12-5-6-13(17)25-12)21-22-16(23)26-8-14(24)20-11-4-3-9(18)7-10(11)19/h3-7H,2,8H2,1H3,(H,20,24). The van der Waals surface area contributed by atoms with E-state index in [0.717, 1.165) is 0 Å². The van der Waals surface area contributed by atoms with E-state index in [-0.39, 0.29) is 11.7 Å². The molecule has 0 saturated heterocycles. The Morgan fingerprint density at radius 3 is 2.77 bits per heavy atom. The van der Waals surface area contributed by atoms with Crippen molar-refractivity contribution < 1.29 is 9.21 Å². The van der Waals surface area contributed by atoms with Gasteiger partial charge in [0.15, 0.2) is 15.6 Å². The van der Waals surface area contributed by atoms with Gasteiger partial charge in [0, 0.05) is 11.6 Å². The fourth-order valence-electron chi connectivity index (χ4n) is 2.20. The monoisotopic (exact) mass is 474 g/mol. The molecule has 2 aromatic heterocycles. The lowest BCUT2D eigenvalue weighted by atomic mass is 10.3. The highest BCUT2D eigenvalue weighted by Crippen LogP contribution is 2.28. The minimum atomic E-state index is -0.202. The Balaban J connectivity index is 1.67. The molecule has 1 N–H and O–H groups in total. The maximum absolute atomic E-state index is 12.2. The van der Waals surface area contributed by atoms with E-state index in [4.69, 9.17) is 27.6 Å². The Bertz CT molecular complexity index is 944. The number of rotatable bonds is 6. The van der Waals surface area contributed by atoms with E-state index in [2.05, 4.69) is 31.4 Å². The number of carbonyl (C=O) groups excluding carboxylic acids is 1. The number of halogens is 3. The van der Waals surface area contributed by atoms with E-state index in [0.29, 0.717) is 43.7 Å². The molecule has 1 aromatic carbocycles. The molecule has 0 radical (unpaired) electrons. The summed E-state index contributed by atoms with van der Waals surface area (Å²) in [6.45, 7) is 2.62. The Morgan fingerprint density at radius 1 is 1.31 bits per heavy atom. The number of thioether (sulfide) groups is 1. The number of hydrogen-bond donors (Lipinski definition) is 1. The number of nitrogens with zero attached hydrogens (tertiary/aromatic N) is 3. The summed E-state index contributed by atoms with van der Waals surface area (Å²) in [4.78, 5) is 12.2. The van der Waals surface area contributed by atoms with E-state index in [1.165, 1.54) is 11.8 Å². The summed E-state index contributed by atoms with van der Waals surface area (Å²) >= 11 is 16.5. The van der Waals surface area contributed by atoms with Crippen LogP contribution >= 0.6 is 50.9 Å². The molecule has 10 heteroatoms. The van der Waals surface area contributed by atoms with Crippen molar-refractivity contribution in [1.29, 1.82) is 0 Å². The zero-order valence-electron chi connectivity index (χ0n) is 13.5. The SMILES string of the molecule is CCn1c(SCC(=O)Nc2ccc(Cl)cc2Cl)nnc1-c1ccc(Br)o1. The van der Waals surface area contributed by atoms with Crippen LogP contribution < -0.4 is 5.32 Å². The molecule has 6 nitrogen and oxygen atoms in total. The van der Waals surface area contributed by atoms with E-state index in [1.54, 1.807) is 24.3 Å². The molecule has 0 atom stereocenters. The van der Waals surface area contributed by atoms with Crippen molar-refractivity contribution in [3.63, 3.8) is 0 Å². The van der Waals surface area contributed by atoms with Crippen molar-refractivity contribution in [2.75, 3.05) is 11.1 Å². The van der Waals surface area contributed by atoms with Crippen LogP contribution in [0.3, 0.4) is 0 Å². The van der Waals surface area contributed by atoms with Crippen molar-refractivity contribution >= 4 is 62.5 Å². The predicted molar refractivity (Wildman–Crippen MR) is 107 cm³/mol. The number of furan rings is 1. The molecule has 2 heterocycles. The van der Waals surface area contributed by atoms with Crippen LogP contribution in [0.1, 0.15) is 6.92 Å². The topological polar surface area (TPSA) is 73.0 Å². The van der Waals surface area contributed by atoms with Crippen LogP contribution in [0.5, 0.6) is 0 Å². The smallest absolute Gasteiger partial charge is 0.234 e. The van der Waals surface area contributed by atoms with Gasteiger partial charge in [-0.05, 0) is 53.2 Å². The van der Waals surface area contributed by atoms with Crippen LogP contribution in [0.25, 0.3) is 11.6 Å². The lowest BCUT2D eigenvalue weighted by Crippen LogP contribution is -2.15. The van der Waals surface area contributed by atoms with Gasteiger partial charge in [-0.3, -0.25) is 9.36 Å². The minimum absolute atomic E-state index is 0.166. The van der Waals surface area contributed by atoms with Gasteiger partial charge in [-0.25, -0.2) is 0 Å². The van der Waals surface area contributed by atoms with Gasteiger partial charge in [0.1, 0.15) is 0 Å². The first-order valence-corrected chi connectivity index (χ1v) is 10.1. The van der Waals surface area contributed by atoms with E-state index < -0.39 is 0 Å². The zero-order chi connectivity index (χ0) is 18.7. The molecule has 0 aliphatic rings. The summed E-state index contributed by atoms with van der Waals surface area (Å²) < 4.78 is 8.04. The summed E-state index contributed by atoms with van der Waals surface area (Å²) in [6, 6.07) is 8.50. The molecule has 0 spiro atoms. The average Bonchev–Trinajstić information content (AvgIpc) is 3.21. The number of hydrogen-bond acceptors (Lipinski definition) is 5. The predicted octanol–water partition coefficient (Wildman–Crippen LogP) is 5.36. The molecule has 0 saturated carbocycles. The molecule has 0 fully saturated rings. The Labute approximate surface area is 172 Å². The van der Waals surface area contributed by atoms with Gasteiger partial charge < -0.3 is 9.73 Å². The number of nitrogens with one attached hydrogen (secondary N) is 1. The van der Waals surface area contributed by atoms with Crippen molar-refractivity contribution in [3.8, 4) is 11.6 Å². The average molecular weight is 476 g/mol. The molecule has 0 aliphatic heterocycles. The van der Waals surface area contributed by atoms with Gasteiger partial charge in [0.2, 0.25) is 11.7 Å². The minimum Gasteiger partial charge on any atom is -0.446 e. The highest BCUT2D eigenvalue weighted by atomic mass is 79.9. The van der Waals surface area contributed by atoms with Crippen molar-refractivity contribution in [2.45, 2.75) is 18.6 Å². The molecule has 3 rings (SSSR count). The summed E-state index contributed by atoms with van der Waals surface area (Å²) in [7, 11) is 0. The second-order valence-corrected chi connectivity index (χ2v) is 7.68. The number of aromatic nitrogens is 3. The molecular formula is C16H13BrCl2N4O2S. The van der Waals surface area contributed by atoms with E-state index in [1.807, 2.05) is 17.6 Å². The quantitative estimate of drug-likeness (QED) is 0.486. The molecule has 0 aliphatic carbocycles. The fourth-order valence-corrected chi connectivity index (χ4v) is 3.77. The van der Waals surface area contributed by atoms with Gasteiger partial charge in [0.05, 0.1) is 16.5 Å². The van der Waals surface area contributed by atoms with Crippen LogP contribution in [0.4, 0.5) is 5.69 Å². The summed E-state index contributed by atoms with van der Waals surface area (Å²) in [5, 5.41) is 12.6. The van der Waals surface area contributed by atoms with Crippen molar-refractivity contribution in [3.05, 3.63) is 45.0 Å². The van der Waals surface area contributed by atoms with Crippen molar-refractivity contribution in [2.24, 2.45) is 0 Å². The lowest BCUT2D eigenvalue weighted by Gasteiger charge is -2.08. The van der Waals surface area contributed by atoms with E-state index in [9.17, 15) is 4.79 Å². The normalized spacial score (nSPS) is 10.9. The largest absolute Gasteiger partial charge is 0.446 e. The molecule has 0 bridgehead atoms. The van der Waals surface area contributed by atoms with Gasteiger partial charge in [-0.2, -0.15) is 0 Å². The van der Waals surface area contributed by atoms with Crippen LogP contribution in [0.15, 0.2) is 44.6 Å². The summed E-state index contributed by atoms with van der Waals surface area (Å²) in [5.41, 5.74) is 0.514. The van der Waals surface area contributed by atoms with Crippen LogP contribution in [-0.2, 0) is 11.3 Å². The second-order valence-electron chi connectivity index (χ2n) is 5.12. The summed E-state index contributed by atoms with van der Waals surface area (Å²) in [5.74, 6) is 1.18. The Morgan fingerprint density at radius 2 is 2.12 bits per heavy atom. The van der Waals surface area contributed by atoms with Gasteiger partial charge in [-0.15, -0.1) is 10.2 Å². The number of amides is 1. The highest BCUT2D eigenvalue weighted by Gasteiger charge is 2.17. The Hall–Kier alpha value is -1.48. The van der Waals surface area contributed by atoms with Crippen LogP contribution in [0, 0.1) is 0 Å². The molecule has 136 valence electrons. The molecule has 26 heavy (non-hydrogen) atoms. The third-order valence-electron chi connectivity index (χ3n) is 3.36. The number of benzene rings is 1. The summed E-state index contributed by atoms with van der Waals surface area (Å²) in [6.07, 6.45) is 0. The first kappa shape index (κ1) is 19.3. The van der Waals surface area contributed by atoms with Gasteiger partial charge in [0.25, 0.3) is 0 Å². The van der Waals surface area contributed by atoms with Crippen LogP contribution in [0.2, 0.25) is 10.0 Å². The maximum atomic E-state index is 12.2. The highest BCUT2D eigenvalue weighted by molar-refractivity contribution is 9.10. The maximum Gasteiger partial charge on any atom is 0.234 e. The van der Waals surface area contributed by atoms with E-state index >= 15 is 0 Å². The Kier molecular flexibility index (Phi) is 6.29. The van der Waals surface area contributed by atoms with Crippen LogP contribution in [-0.4, -0.2) is 26.4 Å². The lowest BCUT2D eigenvalue weighted by molar-refractivity contribution is -0.113. The first-order chi connectivity index (χ1) is 12.5. The molecule has 0 unspecified atom stereocenters. The third kappa shape index (κ3) is 4.43. The fraction of sp³-hybridized carbons (Fsp3) is 0.188. The number of anilines is 1.